The van der Waals surface area contributed by atoms with E-state index in [1.165, 1.54) is 18.7 Å². The topological polar surface area (TPSA) is 116 Å². The van der Waals surface area contributed by atoms with E-state index in [1.54, 1.807) is 17.2 Å². The number of anilines is 1. The first-order valence-corrected chi connectivity index (χ1v) is 12.4. The van der Waals surface area contributed by atoms with Gasteiger partial charge in [0.2, 0.25) is 6.79 Å². The maximum Gasteiger partial charge on any atom is 0.251 e. The van der Waals surface area contributed by atoms with Gasteiger partial charge in [-0.15, -0.1) is 0 Å². The minimum atomic E-state index is -0.949. The van der Waals surface area contributed by atoms with E-state index in [9.17, 15) is 9.90 Å². The summed E-state index contributed by atoms with van der Waals surface area (Å²) in [4.78, 5) is 23.6. The third kappa shape index (κ3) is 4.49. The number of carbonyl (C=O) groups excluding carboxylic acids is 1. The third-order valence-corrected chi connectivity index (χ3v) is 7.81. The molecule has 0 unspecified atom stereocenters. The van der Waals surface area contributed by atoms with Crippen molar-refractivity contribution in [2.45, 2.75) is 48.9 Å². The number of halogens is 1. The number of nitrogen functional groups attached to an aromatic ring is 1. The summed E-state index contributed by atoms with van der Waals surface area (Å²) in [5.74, 6) is 1.97. The van der Waals surface area contributed by atoms with Crippen LogP contribution in [0, 0.1) is 5.92 Å². The number of imidazole rings is 1. The van der Waals surface area contributed by atoms with E-state index < -0.39 is 6.10 Å². The summed E-state index contributed by atoms with van der Waals surface area (Å²) in [6.07, 6.45) is 3.50. The number of pyridine rings is 1. The number of carbonyl (C=O) groups is 1. The Balaban J connectivity index is 1.36. The van der Waals surface area contributed by atoms with E-state index in [2.05, 4.69) is 9.55 Å². The number of piperidine rings is 1. The lowest BCUT2D eigenvalue weighted by Gasteiger charge is -2.32. The van der Waals surface area contributed by atoms with Crippen molar-refractivity contribution in [2.24, 2.45) is 5.92 Å². The maximum absolute atomic E-state index is 12.1. The number of nitrogens with zero attached hydrogens (tertiary/aromatic N) is 4. The van der Waals surface area contributed by atoms with Gasteiger partial charge in [-0.1, -0.05) is 11.6 Å². The molecule has 4 heterocycles. The first-order valence-electron chi connectivity index (χ1n) is 11.2. The number of aryl methyl sites for hydroxylation is 1. The van der Waals surface area contributed by atoms with Crippen molar-refractivity contribution in [3.63, 3.8) is 0 Å². The quantitative estimate of drug-likeness (QED) is 0.524. The minimum Gasteiger partial charge on any atom is -0.454 e. The number of aromatic nitrogens is 3. The molecule has 34 heavy (non-hydrogen) atoms. The highest BCUT2D eigenvalue weighted by atomic mass is 35.5. The van der Waals surface area contributed by atoms with Gasteiger partial charge in [-0.25, -0.2) is 9.97 Å². The molecule has 180 valence electrons. The molecular formula is C23H26ClN5O4S. The van der Waals surface area contributed by atoms with Gasteiger partial charge in [0.25, 0.3) is 5.91 Å². The number of rotatable bonds is 6. The monoisotopic (exact) mass is 503 g/mol. The van der Waals surface area contributed by atoms with Crippen molar-refractivity contribution in [1.29, 1.82) is 0 Å². The lowest BCUT2D eigenvalue weighted by Crippen LogP contribution is -2.43. The summed E-state index contributed by atoms with van der Waals surface area (Å²) in [6, 6.07) is 5.56. The average molecular weight is 504 g/mol. The molecule has 3 aromatic rings. The standard InChI is InChI=1S/C23H26ClN5O4S/c1-13(30)22(31)28-7-3-14(4-8-28)5-9-29-16-2-6-26-21(25)20(16)27-23(29)34-19-11-18-17(10-15(19)24)32-12-33-18/h2,6,10-11,13-14,30H,3-5,7-9,12H2,1H3,(H2,25,26)/t13-/m1/s1. The first kappa shape index (κ1) is 23.1. The fourth-order valence-corrected chi connectivity index (χ4v) is 5.66. The van der Waals surface area contributed by atoms with Crippen LogP contribution in [0.4, 0.5) is 5.82 Å². The van der Waals surface area contributed by atoms with E-state index in [0.29, 0.717) is 46.9 Å². The molecule has 9 nitrogen and oxygen atoms in total. The van der Waals surface area contributed by atoms with Crippen LogP contribution in [0.3, 0.4) is 0 Å². The van der Waals surface area contributed by atoms with Gasteiger partial charge in [0.15, 0.2) is 22.5 Å². The summed E-state index contributed by atoms with van der Waals surface area (Å²) in [7, 11) is 0. The van der Waals surface area contributed by atoms with Gasteiger partial charge in [-0.05, 0) is 56.0 Å². The molecule has 0 aliphatic carbocycles. The van der Waals surface area contributed by atoms with Crippen molar-refractivity contribution in [1.82, 2.24) is 19.4 Å². The molecule has 5 rings (SSSR count). The summed E-state index contributed by atoms with van der Waals surface area (Å²) in [5.41, 5.74) is 7.72. The number of hydrogen-bond donors (Lipinski definition) is 2. The van der Waals surface area contributed by atoms with E-state index in [1.807, 2.05) is 12.1 Å². The van der Waals surface area contributed by atoms with Crippen LogP contribution < -0.4 is 15.2 Å². The van der Waals surface area contributed by atoms with Crippen molar-refractivity contribution in [2.75, 3.05) is 25.6 Å². The van der Waals surface area contributed by atoms with Crippen LogP contribution in [0.5, 0.6) is 11.5 Å². The van der Waals surface area contributed by atoms with Gasteiger partial charge in [-0.2, -0.15) is 0 Å². The highest BCUT2D eigenvalue weighted by Crippen LogP contribution is 2.43. The van der Waals surface area contributed by atoms with Gasteiger partial charge in [0.05, 0.1) is 10.5 Å². The van der Waals surface area contributed by atoms with Crippen LogP contribution in [-0.4, -0.2) is 56.4 Å². The highest BCUT2D eigenvalue weighted by Gasteiger charge is 2.26. The van der Waals surface area contributed by atoms with Crippen LogP contribution in [0.25, 0.3) is 11.0 Å². The lowest BCUT2D eigenvalue weighted by molar-refractivity contribution is -0.140. The Kier molecular flexibility index (Phi) is 6.46. The number of nitrogens with two attached hydrogens (primary N) is 1. The third-order valence-electron chi connectivity index (χ3n) is 6.33. The normalized spacial score (nSPS) is 16.9. The smallest absolute Gasteiger partial charge is 0.251 e. The molecule has 0 spiro atoms. The molecule has 11 heteroatoms. The van der Waals surface area contributed by atoms with Gasteiger partial charge in [0.1, 0.15) is 11.6 Å². The second-order valence-electron chi connectivity index (χ2n) is 8.58. The molecular weight excluding hydrogens is 478 g/mol. The van der Waals surface area contributed by atoms with Gasteiger partial charge in [0, 0.05) is 36.8 Å². The molecule has 1 aromatic carbocycles. The zero-order chi connectivity index (χ0) is 23.8. The molecule has 2 aliphatic heterocycles. The number of aliphatic hydroxyl groups is 1. The fourth-order valence-electron chi connectivity index (χ4n) is 4.44. The van der Waals surface area contributed by atoms with Crippen LogP contribution in [0.1, 0.15) is 26.2 Å². The Morgan fingerprint density at radius 3 is 2.79 bits per heavy atom. The van der Waals surface area contributed by atoms with Crippen molar-refractivity contribution >= 4 is 46.1 Å². The van der Waals surface area contributed by atoms with E-state index in [-0.39, 0.29) is 12.7 Å². The number of ether oxygens (including phenoxy) is 2. The molecule has 1 atom stereocenters. The van der Waals surface area contributed by atoms with Crippen LogP contribution in [0.2, 0.25) is 5.02 Å². The molecule has 2 aromatic heterocycles. The highest BCUT2D eigenvalue weighted by molar-refractivity contribution is 7.99. The van der Waals surface area contributed by atoms with Crippen LogP contribution in [-0.2, 0) is 11.3 Å². The number of amides is 1. The zero-order valence-corrected chi connectivity index (χ0v) is 20.3. The van der Waals surface area contributed by atoms with E-state index >= 15 is 0 Å². The molecule has 0 radical (unpaired) electrons. The lowest BCUT2D eigenvalue weighted by atomic mass is 9.93. The Morgan fingerprint density at radius 1 is 1.32 bits per heavy atom. The molecule has 0 saturated carbocycles. The summed E-state index contributed by atoms with van der Waals surface area (Å²) >= 11 is 7.98. The van der Waals surface area contributed by atoms with Gasteiger partial charge >= 0.3 is 0 Å². The minimum absolute atomic E-state index is 0.183. The Morgan fingerprint density at radius 2 is 2.06 bits per heavy atom. The van der Waals surface area contributed by atoms with Crippen LogP contribution in [0.15, 0.2) is 34.4 Å². The summed E-state index contributed by atoms with van der Waals surface area (Å²) in [5, 5.41) is 10.9. The number of fused-ring (bicyclic) bond motifs is 2. The van der Waals surface area contributed by atoms with Crippen molar-refractivity contribution < 1.29 is 19.4 Å². The van der Waals surface area contributed by atoms with E-state index in [0.717, 1.165) is 41.4 Å². The molecule has 1 fully saturated rings. The molecule has 2 aliphatic rings. The van der Waals surface area contributed by atoms with Crippen molar-refractivity contribution in [3.05, 3.63) is 29.4 Å². The van der Waals surface area contributed by atoms with Crippen molar-refractivity contribution in [3.8, 4) is 11.5 Å². The number of likely N-dealkylation sites (tertiary alicyclic amines) is 1. The first-order chi connectivity index (χ1) is 16.4. The average Bonchev–Trinajstić information content (AvgIpc) is 3.42. The zero-order valence-electron chi connectivity index (χ0n) is 18.7. The second-order valence-corrected chi connectivity index (χ2v) is 10.00. The number of hydrogen-bond acceptors (Lipinski definition) is 8. The predicted molar refractivity (Wildman–Crippen MR) is 129 cm³/mol. The van der Waals surface area contributed by atoms with Gasteiger partial charge < -0.3 is 29.8 Å². The summed E-state index contributed by atoms with van der Waals surface area (Å²) in [6.45, 7) is 3.79. The number of benzene rings is 1. The Labute approximate surface area is 206 Å². The second kappa shape index (κ2) is 9.52. The maximum atomic E-state index is 12.1. The molecule has 1 saturated heterocycles. The number of aliphatic hydroxyl groups excluding tert-OH is 1. The van der Waals surface area contributed by atoms with Gasteiger partial charge in [-0.3, -0.25) is 4.79 Å². The summed E-state index contributed by atoms with van der Waals surface area (Å²) < 4.78 is 13.1. The molecule has 1 amide bonds. The largest absolute Gasteiger partial charge is 0.454 e. The Hall–Kier alpha value is -2.69. The fraction of sp³-hybridized carbons (Fsp3) is 0.435. The van der Waals surface area contributed by atoms with E-state index in [4.69, 9.17) is 31.8 Å². The molecule has 3 N–H and O–H groups in total. The van der Waals surface area contributed by atoms with Crippen LogP contribution >= 0.6 is 23.4 Å². The molecule has 0 bridgehead atoms. The Bertz CT molecular complexity index is 1230. The SMILES string of the molecule is C[C@@H](O)C(=O)N1CCC(CCn2c(Sc3cc4c(cc3Cl)OCO4)nc3c(N)nccc32)CC1. The predicted octanol–water partition coefficient (Wildman–Crippen LogP) is 3.56.